The molecule has 2 N–H and O–H groups in total. The van der Waals surface area contributed by atoms with Gasteiger partial charge in [-0.2, -0.15) is 0 Å². The molecule has 2 unspecified atom stereocenters. The van der Waals surface area contributed by atoms with E-state index in [1.54, 1.807) is 0 Å². The smallest absolute Gasteiger partial charge is 0.123 e. The number of ether oxygens (including phenoxy) is 1. The third-order valence-electron chi connectivity index (χ3n) is 4.47. The molecule has 1 aliphatic rings. The third-order valence-corrected chi connectivity index (χ3v) is 4.47. The number of hydrogen-bond donors (Lipinski definition) is 1. The van der Waals surface area contributed by atoms with Crippen molar-refractivity contribution >= 4 is 0 Å². The highest BCUT2D eigenvalue weighted by molar-refractivity contribution is 5.38. The zero-order valence-corrected chi connectivity index (χ0v) is 13.8. The Balaban J connectivity index is 2.20. The molecule has 3 nitrogen and oxygen atoms in total. The van der Waals surface area contributed by atoms with Crippen LogP contribution in [-0.4, -0.2) is 24.1 Å². The zero-order valence-electron chi connectivity index (χ0n) is 13.8. The Morgan fingerprint density at radius 3 is 2.86 bits per heavy atom. The van der Waals surface area contributed by atoms with E-state index in [9.17, 15) is 0 Å². The molecule has 2 atom stereocenters. The first-order chi connectivity index (χ1) is 10.1. The lowest BCUT2D eigenvalue weighted by atomic mass is 10.0. The summed E-state index contributed by atoms with van der Waals surface area (Å²) < 4.78 is 5.81. The molecule has 0 bridgehead atoms. The molecule has 2 rings (SSSR count). The summed E-state index contributed by atoms with van der Waals surface area (Å²) in [5, 5.41) is 0. The van der Waals surface area contributed by atoms with Gasteiger partial charge in [0.05, 0.1) is 6.61 Å². The van der Waals surface area contributed by atoms with E-state index in [2.05, 4.69) is 30.0 Å². The standard InChI is InChI=1S/C18H30N2O/c1-4-21-18-10-9-16(15(3)19)12-17(18)13-20-11-7-5-6-8-14(20)2/h9-10,12,14-15H,4-8,11,13,19H2,1-3H3. The Hall–Kier alpha value is -1.06. The predicted molar refractivity (Wildman–Crippen MR) is 88.6 cm³/mol. The van der Waals surface area contributed by atoms with Crippen molar-refractivity contribution in [3.05, 3.63) is 29.3 Å². The van der Waals surface area contributed by atoms with Crippen LogP contribution < -0.4 is 10.5 Å². The second-order valence-electron chi connectivity index (χ2n) is 6.26. The molecule has 1 aromatic carbocycles. The van der Waals surface area contributed by atoms with Crippen molar-refractivity contribution in [2.24, 2.45) is 5.73 Å². The summed E-state index contributed by atoms with van der Waals surface area (Å²) in [7, 11) is 0. The Morgan fingerprint density at radius 1 is 1.33 bits per heavy atom. The molecule has 3 heteroatoms. The maximum atomic E-state index is 6.04. The molecule has 0 spiro atoms. The normalized spacial score (nSPS) is 21.8. The first-order valence-corrected chi connectivity index (χ1v) is 8.37. The Labute approximate surface area is 129 Å². The van der Waals surface area contributed by atoms with Crippen molar-refractivity contribution in [1.82, 2.24) is 4.90 Å². The SMILES string of the molecule is CCOc1ccc(C(C)N)cc1CN1CCCCCC1C. The number of benzene rings is 1. The zero-order chi connectivity index (χ0) is 15.2. The fourth-order valence-corrected chi connectivity index (χ4v) is 3.09. The maximum Gasteiger partial charge on any atom is 0.123 e. The molecular formula is C18H30N2O. The molecule has 0 radical (unpaired) electrons. The van der Waals surface area contributed by atoms with Gasteiger partial charge in [0.25, 0.3) is 0 Å². The van der Waals surface area contributed by atoms with Gasteiger partial charge in [-0.3, -0.25) is 4.90 Å². The molecule has 1 saturated heterocycles. The lowest BCUT2D eigenvalue weighted by Crippen LogP contribution is -2.32. The molecule has 118 valence electrons. The molecule has 0 saturated carbocycles. The Bertz CT molecular complexity index is 445. The molecule has 1 heterocycles. The highest BCUT2D eigenvalue weighted by Gasteiger charge is 2.19. The topological polar surface area (TPSA) is 38.5 Å². The molecular weight excluding hydrogens is 260 g/mol. The van der Waals surface area contributed by atoms with Crippen LogP contribution >= 0.6 is 0 Å². The van der Waals surface area contributed by atoms with Crippen LogP contribution in [0.2, 0.25) is 0 Å². The van der Waals surface area contributed by atoms with E-state index in [-0.39, 0.29) is 6.04 Å². The molecule has 1 fully saturated rings. The number of rotatable bonds is 5. The van der Waals surface area contributed by atoms with Crippen molar-refractivity contribution < 1.29 is 4.74 Å². The van der Waals surface area contributed by atoms with Gasteiger partial charge in [0.2, 0.25) is 0 Å². The van der Waals surface area contributed by atoms with E-state index in [1.807, 2.05) is 13.8 Å². The summed E-state index contributed by atoms with van der Waals surface area (Å²) in [4.78, 5) is 2.59. The summed E-state index contributed by atoms with van der Waals surface area (Å²) in [5.74, 6) is 1.01. The van der Waals surface area contributed by atoms with Crippen molar-refractivity contribution in [1.29, 1.82) is 0 Å². The van der Waals surface area contributed by atoms with Gasteiger partial charge in [0, 0.05) is 24.2 Å². The number of nitrogens with zero attached hydrogens (tertiary/aromatic N) is 1. The molecule has 0 aromatic heterocycles. The van der Waals surface area contributed by atoms with Crippen molar-refractivity contribution in [2.75, 3.05) is 13.2 Å². The van der Waals surface area contributed by atoms with E-state index in [0.29, 0.717) is 12.6 Å². The first kappa shape index (κ1) is 16.3. The molecule has 21 heavy (non-hydrogen) atoms. The van der Waals surface area contributed by atoms with Gasteiger partial charge in [0.15, 0.2) is 0 Å². The van der Waals surface area contributed by atoms with Gasteiger partial charge in [-0.1, -0.05) is 18.9 Å². The van der Waals surface area contributed by atoms with Crippen molar-refractivity contribution in [2.45, 2.75) is 65.1 Å². The van der Waals surface area contributed by atoms with Gasteiger partial charge in [-0.15, -0.1) is 0 Å². The van der Waals surface area contributed by atoms with Gasteiger partial charge in [-0.05, 0) is 57.9 Å². The van der Waals surface area contributed by atoms with Gasteiger partial charge < -0.3 is 10.5 Å². The average molecular weight is 290 g/mol. The molecule has 1 aliphatic heterocycles. The number of hydrogen-bond acceptors (Lipinski definition) is 3. The van der Waals surface area contributed by atoms with Crippen LogP contribution in [0.25, 0.3) is 0 Å². The highest BCUT2D eigenvalue weighted by atomic mass is 16.5. The average Bonchev–Trinajstić information content (AvgIpc) is 2.66. The van der Waals surface area contributed by atoms with Crippen molar-refractivity contribution in [3.8, 4) is 5.75 Å². The highest BCUT2D eigenvalue weighted by Crippen LogP contribution is 2.27. The largest absolute Gasteiger partial charge is 0.494 e. The first-order valence-electron chi connectivity index (χ1n) is 8.37. The van der Waals surface area contributed by atoms with E-state index in [1.165, 1.54) is 43.4 Å². The third kappa shape index (κ3) is 4.45. The summed E-state index contributed by atoms with van der Waals surface area (Å²) in [6, 6.07) is 7.13. The number of nitrogens with two attached hydrogens (primary N) is 1. The fraction of sp³-hybridized carbons (Fsp3) is 0.667. The van der Waals surface area contributed by atoms with Crippen LogP contribution in [0.4, 0.5) is 0 Å². The van der Waals surface area contributed by atoms with Crippen LogP contribution in [-0.2, 0) is 6.54 Å². The quantitative estimate of drug-likeness (QED) is 0.894. The van der Waals surface area contributed by atoms with Crippen LogP contribution in [0.1, 0.15) is 63.6 Å². The predicted octanol–water partition coefficient (Wildman–Crippen LogP) is 3.87. The fourth-order valence-electron chi connectivity index (χ4n) is 3.09. The summed E-state index contributed by atoms with van der Waals surface area (Å²) in [5.41, 5.74) is 8.51. The second kappa shape index (κ2) is 7.81. The van der Waals surface area contributed by atoms with Crippen LogP contribution in [0.5, 0.6) is 5.75 Å². The Morgan fingerprint density at radius 2 is 2.14 bits per heavy atom. The van der Waals surface area contributed by atoms with E-state index >= 15 is 0 Å². The van der Waals surface area contributed by atoms with Crippen LogP contribution in [0.3, 0.4) is 0 Å². The van der Waals surface area contributed by atoms with Crippen LogP contribution in [0, 0.1) is 0 Å². The summed E-state index contributed by atoms with van der Waals surface area (Å²) in [6.07, 6.45) is 5.33. The molecule has 1 aromatic rings. The lowest BCUT2D eigenvalue weighted by molar-refractivity contribution is 0.201. The molecule has 0 amide bonds. The van der Waals surface area contributed by atoms with Crippen LogP contribution in [0.15, 0.2) is 18.2 Å². The summed E-state index contributed by atoms with van der Waals surface area (Å²) >= 11 is 0. The second-order valence-corrected chi connectivity index (χ2v) is 6.26. The lowest BCUT2D eigenvalue weighted by Gasteiger charge is -2.28. The summed E-state index contributed by atoms with van der Waals surface area (Å²) in [6.45, 7) is 9.29. The van der Waals surface area contributed by atoms with Gasteiger partial charge in [0.1, 0.15) is 5.75 Å². The van der Waals surface area contributed by atoms with Crippen molar-refractivity contribution in [3.63, 3.8) is 0 Å². The van der Waals surface area contributed by atoms with E-state index in [4.69, 9.17) is 10.5 Å². The van der Waals surface area contributed by atoms with Gasteiger partial charge in [-0.25, -0.2) is 0 Å². The van der Waals surface area contributed by atoms with E-state index < -0.39 is 0 Å². The Kier molecular flexibility index (Phi) is 6.07. The minimum Gasteiger partial charge on any atom is -0.494 e. The maximum absolute atomic E-state index is 6.04. The minimum absolute atomic E-state index is 0.0704. The number of likely N-dealkylation sites (tertiary alicyclic amines) is 1. The van der Waals surface area contributed by atoms with Gasteiger partial charge >= 0.3 is 0 Å². The minimum atomic E-state index is 0.0704. The monoisotopic (exact) mass is 290 g/mol. The van der Waals surface area contributed by atoms with E-state index in [0.717, 1.165) is 12.3 Å². The molecule has 0 aliphatic carbocycles.